The summed E-state index contributed by atoms with van der Waals surface area (Å²) in [5, 5.41) is 21.8. The van der Waals surface area contributed by atoms with Crippen LogP contribution in [0.5, 0.6) is 5.88 Å². The summed E-state index contributed by atoms with van der Waals surface area (Å²) in [6.45, 7) is 5.05. The molecular formula is C27H31F3N4O5. The first-order valence-corrected chi connectivity index (χ1v) is 12.3. The predicted molar refractivity (Wildman–Crippen MR) is 137 cm³/mol. The number of pyridine rings is 1. The number of carbonyl (C=O) groups is 2. The molecule has 0 spiro atoms. The van der Waals surface area contributed by atoms with Crippen molar-refractivity contribution in [3.63, 3.8) is 0 Å². The molecule has 0 unspecified atom stereocenters. The highest BCUT2D eigenvalue weighted by atomic mass is 19.4. The van der Waals surface area contributed by atoms with Crippen LogP contribution in [0.3, 0.4) is 0 Å². The number of aliphatic hydroxyl groups is 2. The molecule has 2 aromatic rings. The molecule has 0 aliphatic carbocycles. The Labute approximate surface area is 224 Å². The summed E-state index contributed by atoms with van der Waals surface area (Å²) >= 11 is 0. The number of ether oxygens (including phenoxy) is 1. The molecule has 0 saturated heterocycles. The van der Waals surface area contributed by atoms with E-state index < -0.39 is 41.9 Å². The maximum absolute atomic E-state index is 13.4. The largest absolute Gasteiger partial charge is 0.472 e. The van der Waals surface area contributed by atoms with Crippen LogP contribution in [0.15, 0.2) is 36.5 Å². The van der Waals surface area contributed by atoms with Crippen LogP contribution in [0.25, 0.3) is 0 Å². The van der Waals surface area contributed by atoms with E-state index in [9.17, 15) is 33.0 Å². The van der Waals surface area contributed by atoms with Crippen molar-refractivity contribution in [1.29, 1.82) is 0 Å². The van der Waals surface area contributed by atoms with Crippen molar-refractivity contribution in [2.75, 3.05) is 32.1 Å². The smallest absolute Gasteiger partial charge is 0.416 e. The Balaban J connectivity index is 1.84. The maximum atomic E-state index is 13.4. The number of hydrogen-bond acceptors (Lipinski definition) is 6. The van der Waals surface area contributed by atoms with Crippen molar-refractivity contribution in [2.45, 2.75) is 45.2 Å². The molecule has 3 N–H and O–H groups in total. The average molecular weight is 549 g/mol. The third-order valence-electron chi connectivity index (χ3n) is 6.21. The third kappa shape index (κ3) is 7.61. The van der Waals surface area contributed by atoms with Gasteiger partial charge in [0.05, 0.1) is 24.8 Å². The topological polar surface area (TPSA) is 115 Å². The van der Waals surface area contributed by atoms with Crippen molar-refractivity contribution in [3.05, 3.63) is 53.2 Å². The number of hydrogen-bond donors (Lipinski definition) is 3. The minimum Gasteiger partial charge on any atom is -0.472 e. The van der Waals surface area contributed by atoms with Crippen molar-refractivity contribution in [1.82, 2.24) is 14.8 Å². The molecule has 1 aromatic heterocycles. The van der Waals surface area contributed by atoms with Gasteiger partial charge >= 0.3 is 12.2 Å². The Kier molecular flexibility index (Phi) is 9.42. The van der Waals surface area contributed by atoms with Gasteiger partial charge in [0.25, 0.3) is 5.91 Å². The summed E-state index contributed by atoms with van der Waals surface area (Å²) in [5.41, 5.74) is -0.117. The van der Waals surface area contributed by atoms with Crippen molar-refractivity contribution >= 4 is 17.6 Å². The minimum atomic E-state index is -4.48. The van der Waals surface area contributed by atoms with Gasteiger partial charge in [0.15, 0.2) is 0 Å². The van der Waals surface area contributed by atoms with Gasteiger partial charge in [0.2, 0.25) is 5.88 Å². The molecule has 0 bridgehead atoms. The molecule has 2 heterocycles. The van der Waals surface area contributed by atoms with Crippen LogP contribution in [0.2, 0.25) is 0 Å². The van der Waals surface area contributed by atoms with Gasteiger partial charge in [-0.25, -0.2) is 9.78 Å². The standard InChI is InChI=1S/C27H31F3N4O5/c1-16-13-34(17(2)15-35)25(37)22-11-19(6-5-18(3)36)12-31-24(22)39-23(16)14-33(4)26(38)32-21-9-7-20(8-10-21)27(28,29)30/h7-12,16-18,23,35-36H,13-15H2,1-4H3,(H,32,38)/t16-,17+,18+,23-/m1/s1. The maximum Gasteiger partial charge on any atom is 0.416 e. The predicted octanol–water partition coefficient (Wildman–Crippen LogP) is 3.22. The van der Waals surface area contributed by atoms with Crippen LogP contribution in [0, 0.1) is 17.8 Å². The fraction of sp³-hybridized carbons (Fsp3) is 0.444. The molecule has 1 aliphatic heterocycles. The second-order valence-corrected chi connectivity index (χ2v) is 9.53. The number of alkyl halides is 3. The molecule has 4 atom stereocenters. The number of halogens is 3. The van der Waals surface area contributed by atoms with Crippen LogP contribution >= 0.6 is 0 Å². The summed E-state index contributed by atoms with van der Waals surface area (Å²) < 4.78 is 44.6. The van der Waals surface area contributed by atoms with Crippen molar-refractivity contribution < 1.29 is 37.7 Å². The second-order valence-electron chi connectivity index (χ2n) is 9.53. The van der Waals surface area contributed by atoms with E-state index in [1.807, 2.05) is 6.92 Å². The number of aliphatic hydroxyl groups excluding tert-OH is 2. The van der Waals surface area contributed by atoms with Gasteiger partial charge in [-0.15, -0.1) is 0 Å². The number of amides is 3. The van der Waals surface area contributed by atoms with E-state index in [2.05, 4.69) is 22.1 Å². The van der Waals surface area contributed by atoms with Crippen LogP contribution in [-0.4, -0.2) is 81.9 Å². The van der Waals surface area contributed by atoms with E-state index in [1.54, 1.807) is 6.92 Å². The lowest BCUT2D eigenvalue weighted by molar-refractivity contribution is -0.137. The Morgan fingerprint density at radius 1 is 1.31 bits per heavy atom. The number of rotatable bonds is 5. The summed E-state index contributed by atoms with van der Waals surface area (Å²) in [4.78, 5) is 33.3. The zero-order chi connectivity index (χ0) is 28.9. The average Bonchev–Trinajstić information content (AvgIpc) is 2.88. The Morgan fingerprint density at radius 3 is 2.56 bits per heavy atom. The van der Waals surface area contributed by atoms with Crippen molar-refractivity contribution in [3.8, 4) is 17.7 Å². The van der Waals surface area contributed by atoms with E-state index in [4.69, 9.17) is 4.74 Å². The summed E-state index contributed by atoms with van der Waals surface area (Å²) in [6, 6.07) is 4.52. The number of fused-ring (bicyclic) bond motifs is 1. The Morgan fingerprint density at radius 2 is 1.97 bits per heavy atom. The van der Waals surface area contributed by atoms with Crippen LogP contribution in [0.4, 0.5) is 23.7 Å². The Bertz CT molecular complexity index is 1240. The normalized spacial score (nSPS) is 18.9. The number of aromatic nitrogens is 1. The summed E-state index contributed by atoms with van der Waals surface area (Å²) in [6.07, 6.45) is -4.58. The van der Waals surface area contributed by atoms with Gasteiger partial charge in [-0.2, -0.15) is 13.2 Å². The van der Waals surface area contributed by atoms with Gasteiger partial charge in [0.1, 0.15) is 17.8 Å². The summed E-state index contributed by atoms with van der Waals surface area (Å²) in [7, 11) is 1.51. The first-order valence-electron chi connectivity index (χ1n) is 12.3. The van der Waals surface area contributed by atoms with Gasteiger partial charge in [-0.3, -0.25) is 4.79 Å². The SMILES string of the molecule is C[C@H](O)C#Cc1cnc2c(c1)C(=O)N([C@@H](C)CO)C[C@@H](C)[C@@H](CN(C)C(=O)Nc1ccc(C(F)(F)F)cc1)O2. The fourth-order valence-corrected chi connectivity index (χ4v) is 3.89. The van der Waals surface area contributed by atoms with Gasteiger partial charge in [-0.1, -0.05) is 18.8 Å². The number of anilines is 1. The van der Waals surface area contributed by atoms with E-state index in [0.29, 0.717) is 5.56 Å². The number of benzene rings is 1. The molecule has 0 radical (unpaired) electrons. The molecule has 39 heavy (non-hydrogen) atoms. The Hall–Kier alpha value is -3.82. The molecule has 1 aliphatic rings. The number of urea groups is 1. The lowest BCUT2D eigenvalue weighted by atomic mass is 10.00. The second kappa shape index (κ2) is 12.4. The quantitative estimate of drug-likeness (QED) is 0.495. The molecule has 3 amide bonds. The highest BCUT2D eigenvalue weighted by Gasteiger charge is 2.35. The van der Waals surface area contributed by atoms with Gasteiger partial charge < -0.3 is 30.1 Å². The highest BCUT2D eigenvalue weighted by molar-refractivity contribution is 5.97. The molecule has 0 fully saturated rings. The number of nitrogens with one attached hydrogen (secondary N) is 1. The van der Waals surface area contributed by atoms with E-state index in [0.717, 1.165) is 12.1 Å². The number of nitrogens with zero attached hydrogens (tertiary/aromatic N) is 3. The van der Waals surface area contributed by atoms with Crippen LogP contribution < -0.4 is 10.1 Å². The number of likely N-dealkylation sites (N-methyl/N-ethyl adjacent to an activating group) is 1. The molecular weight excluding hydrogens is 517 g/mol. The third-order valence-corrected chi connectivity index (χ3v) is 6.21. The first kappa shape index (κ1) is 29.7. The zero-order valence-electron chi connectivity index (χ0n) is 22.0. The molecule has 12 heteroatoms. The monoisotopic (exact) mass is 548 g/mol. The molecule has 210 valence electrons. The van der Waals surface area contributed by atoms with Gasteiger partial charge in [-0.05, 0) is 44.2 Å². The highest BCUT2D eigenvalue weighted by Crippen LogP contribution is 2.30. The fourth-order valence-electron chi connectivity index (χ4n) is 3.89. The first-order chi connectivity index (χ1) is 18.3. The molecule has 1 aromatic carbocycles. The number of carbonyl (C=O) groups excluding carboxylic acids is 2. The minimum absolute atomic E-state index is 0.0332. The van der Waals surface area contributed by atoms with Crippen molar-refractivity contribution in [2.24, 2.45) is 5.92 Å². The van der Waals surface area contributed by atoms with E-state index >= 15 is 0 Å². The van der Waals surface area contributed by atoms with E-state index in [1.165, 1.54) is 48.2 Å². The van der Waals surface area contributed by atoms with Crippen LogP contribution in [0.1, 0.15) is 42.3 Å². The van der Waals surface area contributed by atoms with Crippen LogP contribution in [-0.2, 0) is 6.18 Å². The molecule has 0 saturated carbocycles. The van der Waals surface area contributed by atoms with Gasteiger partial charge in [0, 0.05) is 37.0 Å². The van der Waals surface area contributed by atoms with E-state index in [-0.39, 0.29) is 42.7 Å². The lowest BCUT2D eigenvalue weighted by Gasteiger charge is -2.37. The summed E-state index contributed by atoms with van der Waals surface area (Å²) in [5.74, 6) is 4.68. The zero-order valence-corrected chi connectivity index (χ0v) is 22.0. The molecule has 9 nitrogen and oxygen atoms in total. The molecule has 3 rings (SSSR count). The lowest BCUT2D eigenvalue weighted by Crippen LogP contribution is -2.50.